The Morgan fingerprint density at radius 3 is 3.00 bits per heavy atom. The van der Waals surface area contributed by atoms with Crippen molar-refractivity contribution in [1.82, 2.24) is 15.3 Å². The zero-order valence-corrected chi connectivity index (χ0v) is 13.4. The maximum Gasteiger partial charge on any atom is 0.220 e. The van der Waals surface area contributed by atoms with Crippen LogP contribution >= 0.6 is 0 Å². The molecule has 0 radical (unpaired) electrons. The summed E-state index contributed by atoms with van der Waals surface area (Å²) in [6.45, 7) is 4.21. The lowest BCUT2D eigenvalue weighted by molar-refractivity contribution is -0.122. The van der Waals surface area contributed by atoms with Gasteiger partial charge in [-0.2, -0.15) is 0 Å². The van der Waals surface area contributed by atoms with Crippen molar-refractivity contribution in [2.45, 2.75) is 51.9 Å². The van der Waals surface area contributed by atoms with Crippen molar-refractivity contribution in [3.63, 3.8) is 0 Å². The first-order valence-corrected chi connectivity index (χ1v) is 8.42. The molecule has 1 aliphatic heterocycles. The highest BCUT2D eigenvalue weighted by atomic mass is 16.5. The van der Waals surface area contributed by atoms with Crippen LogP contribution in [0, 0.1) is 12.8 Å². The number of carbonyl (C=O) groups excluding carboxylic acids is 1. The fourth-order valence-electron chi connectivity index (χ4n) is 3.35. The summed E-state index contributed by atoms with van der Waals surface area (Å²) in [7, 11) is 0. The number of amides is 1. The Balaban J connectivity index is 1.49. The van der Waals surface area contributed by atoms with Crippen molar-refractivity contribution in [1.29, 1.82) is 0 Å². The molecule has 0 unspecified atom stereocenters. The summed E-state index contributed by atoms with van der Waals surface area (Å²) in [5.74, 6) is 1.37. The summed E-state index contributed by atoms with van der Waals surface area (Å²) in [5, 5.41) is 2.98. The van der Waals surface area contributed by atoms with Crippen LogP contribution in [0.3, 0.4) is 0 Å². The molecule has 3 rings (SSSR count). The molecular weight excluding hydrogens is 278 g/mol. The number of carbonyl (C=O) groups is 1. The van der Waals surface area contributed by atoms with E-state index in [0.29, 0.717) is 25.3 Å². The molecule has 120 valence electrons. The standard InChI is InChI=1S/C17H25N3O2/c1-12-14-4-2-3-5-15(14)20-16(19-12)6-8-18-17(21)10-13-7-9-22-11-13/h13H,2-11H2,1H3,(H,18,21)/t13-/m1/s1. The number of ether oxygens (including phenoxy) is 1. The lowest BCUT2D eigenvalue weighted by Crippen LogP contribution is -2.28. The minimum atomic E-state index is 0.116. The largest absolute Gasteiger partial charge is 0.381 e. The lowest BCUT2D eigenvalue weighted by atomic mass is 9.95. The third-order valence-electron chi connectivity index (χ3n) is 4.61. The van der Waals surface area contributed by atoms with Gasteiger partial charge in [0.1, 0.15) is 5.82 Å². The smallest absolute Gasteiger partial charge is 0.220 e. The fraction of sp³-hybridized carbons (Fsp3) is 0.706. The quantitative estimate of drug-likeness (QED) is 0.900. The van der Waals surface area contributed by atoms with Crippen molar-refractivity contribution < 1.29 is 9.53 Å². The zero-order valence-electron chi connectivity index (χ0n) is 13.4. The number of aryl methyl sites for hydroxylation is 2. The van der Waals surface area contributed by atoms with Gasteiger partial charge in [-0.15, -0.1) is 0 Å². The van der Waals surface area contributed by atoms with Gasteiger partial charge in [0.05, 0.1) is 0 Å². The van der Waals surface area contributed by atoms with Crippen molar-refractivity contribution in [2.24, 2.45) is 5.92 Å². The molecule has 1 fully saturated rings. The third-order valence-corrected chi connectivity index (χ3v) is 4.61. The summed E-state index contributed by atoms with van der Waals surface area (Å²) in [4.78, 5) is 21.2. The molecule has 1 aromatic rings. The van der Waals surface area contributed by atoms with E-state index in [2.05, 4.69) is 17.2 Å². The Morgan fingerprint density at radius 2 is 2.18 bits per heavy atom. The molecule has 0 bridgehead atoms. The second-order valence-corrected chi connectivity index (χ2v) is 6.39. The second kappa shape index (κ2) is 7.18. The van der Waals surface area contributed by atoms with Crippen LogP contribution in [0.5, 0.6) is 0 Å². The maximum absolute atomic E-state index is 11.9. The van der Waals surface area contributed by atoms with Gasteiger partial charge in [-0.1, -0.05) is 0 Å². The molecule has 0 aromatic carbocycles. The average Bonchev–Trinajstić information content (AvgIpc) is 3.00. The molecule has 1 amide bonds. The van der Waals surface area contributed by atoms with Crippen LogP contribution in [0.2, 0.25) is 0 Å². The van der Waals surface area contributed by atoms with Crippen LogP contribution in [0.4, 0.5) is 0 Å². The van der Waals surface area contributed by atoms with Crippen LogP contribution < -0.4 is 5.32 Å². The Labute approximate surface area is 131 Å². The van der Waals surface area contributed by atoms with Crippen LogP contribution in [-0.2, 0) is 28.8 Å². The van der Waals surface area contributed by atoms with E-state index in [9.17, 15) is 4.79 Å². The second-order valence-electron chi connectivity index (χ2n) is 6.39. The van der Waals surface area contributed by atoms with E-state index in [-0.39, 0.29) is 5.91 Å². The highest BCUT2D eigenvalue weighted by Gasteiger charge is 2.19. The van der Waals surface area contributed by atoms with E-state index in [0.717, 1.165) is 44.0 Å². The molecule has 1 aromatic heterocycles. The first kappa shape index (κ1) is 15.4. The van der Waals surface area contributed by atoms with Crippen molar-refractivity contribution >= 4 is 5.91 Å². The number of nitrogens with zero attached hydrogens (tertiary/aromatic N) is 2. The van der Waals surface area contributed by atoms with Crippen LogP contribution in [-0.4, -0.2) is 35.6 Å². The average molecular weight is 303 g/mol. The van der Waals surface area contributed by atoms with Gasteiger partial charge in [0.25, 0.3) is 0 Å². The predicted octanol–water partition coefficient (Wildman–Crippen LogP) is 1.75. The monoisotopic (exact) mass is 303 g/mol. The molecule has 2 aliphatic rings. The highest BCUT2D eigenvalue weighted by molar-refractivity contribution is 5.76. The highest BCUT2D eigenvalue weighted by Crippen LogP contribution is 2.21. The molecule has 1 saturated heterocycles. The Bertz CT molecular complexity index is 539. The zero-order chi connectivity index (χ0) is 15.4. The van der Waals surface area contributed by atoms with Crippen molar-refractivity contribution in [2.75, 3.05) is 19.8 Å². The van der Waals surface area contributed by atoms with Crippen LogP contribution in [0.25, 0.3) is 0 Å². The summed E-state index contributed by atoms with van der Waals surface area (Å²) in [5.41, 5.74) is 3.69. The van der Waals surface area contributed by atoms with Gasteiger partial charge in [0, 0.05) is 44.0 Å². The van der Waals surface area contributed by atoms with Gasteiger partial charge in [-0.25, -0.2) is 9.97 Å². The molecule has 1 aliphatic carbocycles. The normalized spacial score (nSPS) is 20.7. The Kier molecular flexibility index (Phi) is 5.03. The molecule has 1 N–H and O–H groups in total. The minimum absolute atomic E-state index is 0.116. The Morgan fingerprint density at radius 1 is 1.32 bits per heavy atom. The van der Waals surface area contributed by atoms with E-state index in [1.807, 2.05) is 0 Å². The summed E-state index contributed by atoms with van der Waals surface area (Å²) in [6.07, 6.45) is 6.94. The third kappa shape index (κ3) is 3.83. The molecule has 5 heteroatoms. The summed E-state index contributed by atoms with van der Waals surface area (Å²) >= 11 is 0. The van der Waals surface area contributed by atoms with E-state index in [4.69, 9.17) is 9.72 Å². The van der Waals surface area contributed by atoms with Gasteiger partial charge < -0.3 is 10.1 Å². The number of aromatic nitrogens is 2. The number of hydrogen-bond acceptors (Lipinski definition) is 4. The predicted molar refractivity (Wildman–Crippen MR) is 83.7 cm³/mol. The molecular formula is C17H25N3O2. The van der Waals surface area contributed by atoms with Gasteiger partial charge >= 0.3 is 0 Å². The van der Waals surface area contributed by atoms with Crippen molar-refractivity contribution in [3.8, 4) is 0 Å². The minimum Gasteiger partial charge on any atom is -0.381 e. The SMILES string of the molecule is Cc1nc(CCNC(=O)C[C@H]2CCOC2)nc2c1CCCC2. The van der Waals surface area contributed by atoms with E-state index in [1.54, 1.807) is 0 Å². The molecule has 22 heavy (non-hydrogen) atoms. The first-order valence-electron chi connectivity index (χ1n) is 8.42. The van der Waals surface area contributed by atoms with Gasteiger partial charge in [0.15, 0.2) is 0 Å². The molecule has 0 spiro atoms. The Hall–Kier alpha value is -1.49. The molecule has 1 atom stereocenters. The van der Waals surface area contributed by atoms with Crippen LogP contribution in [0.1, 0.15) is 48.5 Å². The van der Waals surface area contributed by atoms with Gasteiger partial charge in [-0.3, -0.25) is 4.79 Å². The number of nitrogens with one attached hydrogen (secondary N) is 1. The van der Waals surface area contributed by atoms with Gasteiger partial charge in [-0.05, 0) is 50.5 Å². The van der Waals surface area contributed by atoms with Crippen molar-refractivity contribution in [3.05, 3.63) is 22.8 Å². The first-order chi connectivity index (χ1) is 10.7. The molecule has 0 saturated carbocycles. The summed E-state index contributed by atoms with van der Waals surface area (Å²) in [6, 6.07) is 0. The fourth-order valence-corrected chi connectivity index (χ4v) is 3.35. The van der Waals surface area contributed by atoms with Gasteiger partial charge in [0.2, 0.25) is 5.91 Å². The summed E-state index contributed by atoms with van der Waals surface area (Å²) < 4.78 is 5.30. The van der Waals surface area contributed by atoms with E-state index < -0.39 is 0 Å². The molecule has 2 heterocycles. The van der Waals surface area contributed by atoms with E-state index in [1.165, 1.54) is 24.1 Å². The number of fused-ring (bicyclic) bond motifs is 1. The maximum atomic E-state index is 11.9. The molecule has 5 nitrogen and oxygen atoms in total. The number of rotatable bonds is 5. The topological polar surface area (TPSA) is 64.1 Å². The lowest BCUT2D eigenvalue weighted by Gasteiger charge is -2.17. The van der Waals surface area contributed by atoms with E-state index >= 15 is 0 Å². The number of hydrogen-bond donors (Lipinski definition) is 1. The van der Waals surface area contributed by atoms with Crippen LogP contribution in [0.15, 0.2) is 0 Å².